The van der Waals surface area contributed by atoms with E-state index in [0.717, 1.165) is 29.8 Å². The molecule has 2 aliphatic carbocycles. The number of nitrogens with two attached hydrogens (primary N) is 1. The van der Waals surface area contributed by atoms with E-state index in [4.69, 9.17) is 10.7 Å². The number of primary amides is 1. The topological polar surface area (TPSA) is 112 Å². The van der Waals surface area contributed by atoms with E-state index in [2.05, 4.69) is 34.1 Å². The molecule has 0 spiro atoms. The van der Waals surface area contributed by atoms with Crippen molar-refractivity contribution >= 4 is 5.91 Å². The van der Waals surface area contributed by atoms with Crippen molar-refractivity contribution in [3.63, 3.8) is 0 Å². The number of fused-ring (bicyclic) bond motifs is 5. The summed E-state index contributed by atoms with van der Waals surface area (Å²) < 4.78 is 30.3. The predicted octanol–water partition coefficient (Wildman–Crippen LogP) is 3.70. The van der Waals surface area contributed by atoms with E-state index in [1.165, 1.54) is 28.9 Å². The number of benzene rings is 1. The van der Waals surface area contributed by atoms with Crippen LogP contribution in [0.3, 0.4) is 0 Å². The van der Waals surface area contributed by atoms with Gasteiger partial charge in [0.2, 0.25) is 0 Å². The van der Waals surface area contributed by atoms with Gasteiger partial charge in [-0.25, -0.2) is 23.4 Å². The van der Waals surface area contributed by atoms with Crippen molar-refractivity contribution in [2.45, 2.75) is 38.0 Å². The van der Waals surface area contributed by atoms with Crippen molar-refractivity contribution in [1.29, 1.82) is 0 Å². The maximum Gasteiger partial charge on any atom is 0.269 e. The Hall–Kier alpha value is -4.08. The summed E-state index contributed by atoms with van der Waals surface area (Å²) in [6.07, 6.45) is 4.90. The summed E-state index contributed by atoms with van der Waals surface area (Å²) in [5.74, 6) is -1.57. The maximum atomic E-state index is 14.5. The van der Waals surface area contributed by atoms with E-state index >= 15 is 0 Å². The number of halogens is 2. The van der Waals surface area contributed by atoms with Gasteiger partial charge in [0.1, 0.15) is 17.3 Å². The van der Waals surface area contributed by atoms with Crippen molar-refractivity contribution in [2.24, 2.45) is 11.1 Å². The van der Waals surface area contributed by atoms with Gasteiger partial charge < -0.3 is 5.73 Å². The second-order valence-electron chi connectivity index (χ2n) is 9.60. The average Bonchev–Trinajstić information content (AvgIpc) is 3.48. The zero-order chi connectivity index (χ0) is 24.5. The minimum atomic E-state index is -0.675. The standard InChI is InChI=1S/C25H21F2N7O/c1-24(2)14-6-9-25(24,19-7-10-29-23(30-19)34-11-8-17(33-34)22(28)35)21-13(14)12-18(31-32-21)20-15(26)4-3-5-16(20)27/h3-5,7-8,10-12,14H,6,9H2,1-2H3,(H2,28,35)/t14-,25-/m0/s1. The number of hydrogen-bond acceptors (Lipinski definition) is 6. The Balaban J connectivity index is 1.50. The van der Waals surface area contributed by atoms with Crippen LogP contribution in [0.15, 0.2) is 48.8 Å². The molecule has 0 unspecified atom stereocenters. The largest absolute Gasteiger partial charge is 0.364 e. The molecule has 1 fully saturated rings. The van der Waals surface area contributed by atoms with Gasteiger partial charge in [0, 0.05) is 12.4 Å². The highest BCUT2D eigenvalue weighted by Gasteiger charge is 2.65. The zero-order valence-electron chi connectivity index (χ0n) is 19.0. The lowest BCUT2D eigenvalue weighted by Gasteiger charge is -2.37. The summed E-state index contributed by atoms with van der Waals surface area (Å²) in [7, 11) is 0. The molecule has 3 aromatic heterocycles. The molecule has 2 atom stereocenters. The number of aromatic nitrogens is 6. The van der Waals surface area contributed by atoms with Crippen molar-refractivity contribution < 1.29 is 13.6 Å². The second kappa shape index (κ2) is 7.21. The van der Waals surface area contributed by atoms with Crippen LogP contribution in [0.2, 0.25) is 0 Å². The van der Waals surface area contributed by atoms with Crippen LogP contribution >= 0.6 is 0 Å². The van der Waals surface area contributed by atoms with Gasteiger partial charge in [-0.1, -0.05) is 19.9 Å². The van der Waals surface area contributed by atoms with Gasteiger partial charge in [0.05, 0.1) is 28.1 Å². The molecule has 3 heterocycles. The minimum absolute atomic E-state index is 0.114. The van der Waals surface area contributed by atoms with Crippen LogP contribution < -0.4 is 5.73 Å². The molecule has 0 radical (unpaired) electrons. The Bertz CT molecular complexity index is 1500. The van der Waals surface area contributed by atoms with Gasteiger partial charge in [-0.2, -0.15) is 10.2 Å². The number of hydrogen-bond donors (Lipinski definition) is 1. The Morgan fingerprint density at radius 1 is 1.14 bits per heavy atom. The van der Waals surface area contributed by atoms with E-state index in [-0.39, 0.29) is 28.3 Å². The van der Waals surface area contributed by atoms with Crippen molar-refractivity contribution in [3.8, 4) is 17.2 Å². The van der Waals surface area contributed by atoms with Gasteiger partial charge in [-0.15, -0.1) is 5.10 Å². The Kier molecular flexibility index (Phi) is 4.42. The second-order valence-corrected chi connectivity index (χ2v) is 9.60. The highest BCUT2D eigenvalue weighted by Crippen LogP contribution is 2.69. The summed E-state index contributed by atoms with van der Waals surface area (Å²) in [4.78, 5) is 20.6. The van der Waals surface area contributed by atoms with Crippen LogP contribution in [-0.2, 0) is 5.41 Å². The first-order chi connectivity index (χ1) is 16.7. The monoisotopic (exact) mass is 473 g/mol. The maximum absolute atomic E-state index is 14.5. The first-order valence-corrected chi connectivity index (χ1v) is 11.3. The number of carbonyl (C=O) groups is 1. The van der Waals surface area contributed by atoms with Crippen LogP contribution in [0.1, 0.15) is 60.0 Å². The predicted molar refractivity (Wildman–Crippen MR) is 122 cm³/mol. The third-order valence-electron chi connectivity index (χ3n) is 7.73. The van der Waals surface area contributed by atoms with E-state index in [9.17, 15) is 13.6 Å². The normalized spacial score (nSPS) is 21.8. The number of nitrogens with zero attached hydrogens (tertiary/aromatic N) is 6. The molecule has 1 aromatic carbocycles. The van der Waals surface area contributed by atoms with Crippen LogP contribution in [0.25, 0.3) is 17.2 Å². The number of carbonyl (C=O) groups excluding carboxylic acids is 1. The molecule has 176 valence electrons. The fourth-order valence-corrected chi connectivity index (χ4v) is 6.02. The molecule has 2 N–H and O–H groups in total. The van der Waals surface area contributed by atoms with E-state index in [1.54, 1.807) is 18.5 Å². The lowest BCUT2D eigenvalue weighted by Crippen LogP contribution is -2.38. The molecular weight excluding hydrogens is 452 g/mol. The van der Waals surface area contributed by atoms with E-state index in [1.807, 2.05) is 6.07 Å². The minimum Gasteiger partial charge on any atom is -0.364 e. The molecule has 0 saturated heterocycles. The molecule has 2 aliphatic rings. The number of rotatable bonds is 4. The summed E-state index contributed by atoms with van der Waals surface area (Å²) in [5, 5.41) is 13.0. The summed E-state index contributed by atoms with van der Waals surface area (Å²) >= 11 is 0. The Morgan fingerprint density at radius 2 is 1.91 bits per heavy atom. The fourth-order valence-electron chi connectivity index (χ4n) is 6.02. The Labute approximate surface area is 199 Å². The quantitative estimate of drug-likeness (QED) is 0.484. The first-order valence-electron chi connectivity index (χ1n) is 11.3. The molecule has 10 heteroatoms. The molecule has 8 nitrogen and oxygen atoms in total. The van der Waals surface area contributed by atoms with Gasteiger partial charge in [-0.05, 0) is 60.1 Å². The molecule has 0 aliphatic heterocycles. The highest BCUT2D eigenvalue weighted by molar-refractivity contribution is 5.90. The van der Waals surface area contributed by atoms with Gasteiger partial charge in [0.15, 0.2) is 0 Å². The van der Waals surface area contributed by atoms with Crippen molar-refractivity contribution in [3.05, 3.63) is 83.1 Å². The fraction of sp³-hybridized carbons (Fsp3) is 0.280. The molecule has 6 rings (SSSR count). The van der Waals surface area contributed by atoms with Crippen molar-refractivity contribution in [1.82, 2.24) is 29.9 Å². The Morgan fingerprint density at radius 3 is 2.63 bits per heavy atom. The van der Waals surface area contributed by atoms with Gasteiger partial charge in [0.25, 0.3) is 11.9 Å². The first kappa shape index (κ1) is 21.5. The number of amides is 1. The SMILES string of the molecule is CC1(C)[C@H]2CC[C@]1(c1ccnc(-n3ccc(C(N)=O)n3)n1)c1nnc(-c3c(F)cccc3F)cc12. The molecule has 2 bridgehead atoms. The average molecular weight is 473 g/mol. The lowest BCUT2D eigenvalue weighted by molar-refractivity contribution is 0.0995. The third-order valence-corrected chi connectivity index (χ3v) is 7.73. The summed E-state index contributed by atoms with van der Waals surface area (Å²) in [6, 6.07) is 8.89. The van der Waals surface area contributed by atoms with Gasteiger partial charge >= 0.3 is 0 Å². The molecule has 4 aromatic rings. The third kappa shape index (κ3) is 2.82. The van der Waals surface area contributed by atoms with Crippen LogP contribution in [0.4, 0.5) is 8.78 Å². The van der Waals surface area contributed by atoms with Crippen molar-refractivity contribution in [2.75, 3.05) is 0 Å². The zero-order valence-corrected chi connectivity index (χ0v) is 19.0. The van der Waals surface area contributed by atoms with E-state index in [0.29, 0.717) is 5.95 Å². The van der Waals surface area contributed by atoms with E-state index < -0.39 is 23.0 Å². The molecule has 1 amide bonds. The summed E-state index contributed by atoms with van der Waals surface area (Å²) in [6.45, 7) is 4.33. The lowest BCUT2D eigenvalue weighted by atomic mass is 9.66. The highest BCUT2D eigenvalue weighted by atomic mass is 19.1. The molecular formula is C25H21F2N7O. The smallest absolute Gasteiger partial charge is 0.269 e. The van der Waals surface area contributed by atoms with Crippen LogP contribution in [0, 0.1) is 17.0 Å². The molecule has 35 heavy (non-hydrogen) atoms. The van der Waals surface area contributed by atoms with Crippen LogP contribution in [0.5, 0.6) is 0 Å². The van der Waals surface area contributed by atoms with Gasteiger partial charge in [-0.3, -0.25) is 4.79 Å². The summed E-state index contributed by atoms with van der Waals surface area (Å²) in [5.41, 5.74) is 7.04. The van der Waals surface area contributed by atoms with Crippen LogP contribution in [-0.4, -0.2) is 35.9 Å². The molecule has 1 saturated carbocycles.